The molecule has 142 valence electrons. The third-order valence-electron chi connectivity index (χ3n) is 5.97. The van der Waals surface area contributed by atoms with Crippen LogP contribution in [0.2, 0.25) is 0 Å². The van der Waals surface area contributed by atoms with Gasteiger partial charge in [-0.2, -0.15) is 0 Å². The molecule has 0 spiro atoms. The first-order valence-electron chi connectivity index (χ1n) is 9.95. The van der Waals surface area contributed by atoms with E-state index in [0.29, 0.717) is 19.0 Å². The molecule has 5 heteroatoms. The highest BCUT2D eigenvalue weighted by Gasteiger charge is 2.28. The van der Waals surface area contributed by atoms with E-state index in [1.807, 2.05) is 11.0 Å². The molecule has 0 bridgehead atoms. The minimum absolute atomic E-state index is 0.0484. The second kappa shape index (κ2) is 8.09. The second-order valence-electron chi connectivity index (χ2n) is 7.56. The topological polar surface area (TPSA) is 45.6 Å². The summed E-state index contributed by atoms with van der Waals surface area (Å²) in [5.41, 5.74) is 2.94. The van der Waals surface area contributed by atoms with Crippen molar-refractivity contribution in [1.29, 1.82) is 0 Å². The molecular weight excluding hydrogens is 338 g/mol. The fraction of sp³-hybridized carbons (Fsp3) is 0.455. The SMILES string of the molecule is O=C(CCn1ccccc1=O)N1CCN(C2CCc3ccccc3C2)CC1. The van der Waals surface area contributed by atoms with Crippen molar-refractivity contribution in [2.75, 3.05) is 26.2 Å². The molecule has 1 saturated heterocycles. The smallest absolute Gasteiger partial charge is 0.250 e. The number of benzene rings is 1. The summed E-state index contributed by atoms with van der Waals surface area (Å²) in [6.07, 6.45) is 5.63. The lowest BCUT2D eigenvalue weighted by Crippen LogP contribution is -2.53. The molecule has 2 aromatic rings. The number of piperazine rings is 1. The second-order valence-corrected chi connectivity index (χ2v) is 7.56. The van der Waals surface area contributed by atoms with Crippen molar-refractivity contribution in [3.8, 4) is 0 Å². The van der Waals surface area contributed by atoms with Crippen LogP contribution < -0.4 is 5.56 Å². The summed E-state index contributed by atoms with van der Waals surface area (Å²) in [6, 6.07) is 14.5. The van der Waals surface area contributed by atoms with Gasteiger partial charge in [-0.05, 0) is 36.5 Å². The van der Waals surface area contributed by atoms with Gasteiger partial charge in [-0.15, -0.1) is 0 Å². The Bertz CT molecular complexity index is 852. The minimum atomic E-state index is -0.0484. The summed E-state index contributed by atoms with van der Waals surface area (Å²) in [5.74, 6) is 0.152. The molecule has 1 aliphatic carbocycles. The number of aromatic nitrogens is 1. The number of rotatable bonds is 4. The van der Waals surface area contributed by atoms with E-state index in [1.54, 1.807) is 16.8 Å². The van der Waals surface area contributed by atoms with Crippen molar-refractivity contribution in [1.82, 2.24) is 14.4 Å². The van der Waals surface area contributed by atoms with Gasteiger partial charge in [0.1, 0.15) is 0 Å². The maximum atomic E-state index is 12.5. The zero-order valence-electron chi connectivity index (χ0n) is 15.7. The van der Waals surface area contributed by atoms with Gasteiger partial charge in [-0.25, -0.2) is 0 Å². The number of aryl methyl sites for hydroxylation is 2. The molecule has 4 rings (SSSR count). The highest BCUT2D eigenvalue weighted by Crippen LogP contribution is 2.25. The Balaban J connectivity index is 1.27. The highest BCUT2D eigenvalue weighted by atomic mass is 16.2. The number of carbonyl (C=O) groups is 1. The lowest BCUT2D eigenvalue weighted by Gasteiger charge is -2.41. The molecular formula is C22H27N3O2. The van der Waals surface area contributed by atoms with E-state index < -0.39 is 0 Å². The van der Waals surface area contributed by atoms with Crippen LogP contribution in [0.15, 0.2) is 53.5 Å². The first-order valence-corrected chi connectivity index (χ1v) is 9.95. The van der Waals surface area contributed by atoms with Gasteiger partial charge in [0.2, 0.25) is 5.91 Å². The molecule has 1 amide bonds. The van der Waals surface area contributed by atoms with Crippen LogP contribution >= 0.6 is 0 Å². The van der Waals surface area contributed by atoms with Crippen molar-refractivity contribution >= 4 is 5.91 Å². The van der Waals surface area contributed by atoms with Crippen LogP contribution in [0.1, 0.15) is 24.0 Å². The van der Waals surface area contributed by atoms with Crippen LogP contribution in [0.25, 0.3) is 0 Å². The molecule has 0 radical (unpaired) electrons. The molecule has 0 N–H and O–H groups in total. The van der Waals surface area contributed by atoms with Crippen LogP contribution in [0.3, 0.4) is 0 Å². The van der Waals surface area contributed by atoms with E-state index in [2.05, 4.69) is 29.2 Å². The molecule has 2 aliphatic rings. The van der Waals surface area contributed by atoms with Crippen molar-refractivity contribution in [3.63, 3.8) is 0 Å². The van der Waals surface area contributed by atoms with E-state index in [4.69, 9.17) is 0 Å². The maximum Gasteiger partial charge on any atom is 0.250 e. The number of amides is 1. The Hall–Kier alpha value is -2.40. The van der Waals surface area contributed by atoms with Crippen LogP contribution in [-0.4, -0.2) is 52.5 Å². The van der Waals surface area contributed by atoms with Crippen molar-refractivity contribution in [3.05, 3.63) is 70.1 Å². The van der Waals surface area contributed by atoms with E-state index in [-0.39, 0.29) is 11.5 Å². The van der Waals surface area contributed by atoms with Crippen LogP contribution in [0.5, 0.6) is 0 Å². The molecule has 5 nitrogen and oxygen atoms in total. The van der Waals surface area contributed by atoms with Gasteiger partial charge in [0.15, 0.2) is 0 Å². The van der Waals surface area contributed by atoms with E-state index in [0.717, 1.165) is 39.0 Å². The van der Waals surface area contributed by atoms with Crippen molar-refractivity contribution in [2.45, 2.75) is 38.3 Å². The van der Waals surface area contributed by atoms with E-state index >= 15 is 0 Å². The van der Waals surface area contributed by atoms with Crippen LogP contribution in [0, 0.1) is 0 Å². The van der Waals surface area contributed by atoms with E-state index in [9.17, 15) is 9.59 Å². The normalized spacial score (nSPS) is 20.3. The fourth-order valence-corrected chi connectivity index (χ4v) is 4.35. The third kappa shape index (κ3) is 4.14. The monoisotopic (exact) mass is 365 g/mol. The van der Waals surface area contributed by atoms with Gasteiger partial charge in [0, 0.05) is 57.4 Å². The zero-order valence-corrected chi connectivity index (χ0v) is 15.7. The molecule has 1 aromatic carbocycles. The zero-order chi connectivity index (χ0) is 18.6. The molecule has 1 unspecified atom stereocenters. The van der Waals surface area contributed by atoms with Gasteiger partial charge in [0.25, 0.3) is 5.56 Å². The molecule has 1 fully saturated rings. The van der Waals surface area contributed by atoms with Crippen LogP contribution in [-0.2, 0) is 24.2 Å². The Kier molecular flexibility index (Phi) is 5.39. The number of hydrogen-bond donors (Lipinski definition) is 0. The Morgan fingerprint density at radius 2 is 1.70 bits per heavy atom. The largest absolute Gasteiger partial charge is 0.340 e. The molecule has 2 heterocycles. The molecule has 0 saturated carbocycles. The molecule has 1 aromatic heterocycles. The number of hydrogen-bond acceptors (Lipinski definition) is 3. The standard InChI is InChI=1S/C22H27N3O2/c26-21-7-3-4-11-24(21)12-10-22(27)25-15-13-23(14-16-25)20-9-8-18-5-1-2-6-19(18)17-20/h1-7,11,20H,8-10,12-17H2. The fourth-order valence-electron chi connectivity index (χ4n) is 4.35. The van der Waals surface area contributed by atoms with Gasteiger partial charge in [-0.3, -0.25) is 14.5 Å². The highest BCUT2D eigenvalue weighted by molar-refractivity contribution is 5.76. The van der Waals surface area contributed by atoms with E-state index in [1.165, 1.54) is 23.6 Å². The Morgan fingerprint density at radius 3 is 2.48 bits per heavy atom. The molecule has 1 atom stereocenters. The summed E-state index contributed by atoms with van der Waals surface area (Å²) in [4.78, 5) is 28.8. The number of carbonyl (C=O) groups excluding carboxylic acids is 1. The summed E-state index contributed by atoms with van der Waals surface area (Å²) >= 11 is 0. The predicted octanol–water partition coefficient (Wildman–Crippen LogP) is 1.94. The number of nitrogens with zero attached hydrogens (tertiary/aromatic N) is 3. The summed E-state index contributed by atoms with van der Waals surface area (Å²) < 4.78 is 1.60. The summed E-state index contributed by atoms with van der Waals surface area (Å²) in [6.45, 7) is 3.94. The predicted molar refractivity (Wildman–Crippen MR) is 106 cm³/mol. The maximum absolute atomic E-state index is 12.5. The van der Waals surface area contributed by atoms with Gasteiger partial charge >= 0.3 is 0 Å². The Labute approximate surface area is 160 Å². The quantitative estimate of drug-likeness (QED) is 0.832. The van der Waals surface area contributed by atoms with Crippen molar-refractivity contribution < 1.29 is 4.79 Å². The minimum Gasteiger partial charge on any atom is -0.340 e. The van der Waals surface area contributed by atoms with Gasteiger partial charge in [-0.1, -0.05) is 30.3 Å². The molecule has 27 heavy (non-hydrogen) atoms. The third-order valence-corrected chi connectivity index (χ3v) is 5.97. The summed E-state index contributed by atoms with van der Waals surface area (Å²) in [5, 5.41) is 0. The summed E-state index contributed by atoms with van der Waals surface area (Å²) in [7, 11) is 0. The Morgan fingerprint density at radius 1 is 0.963 bits per heavy atom. The van der Waals surface area contributed by atoms with Gasteiger partial charge in [0.05, 0.1) is 0 Å². The lowest BCUT2D eigenvalue weighted by molar-refractivity contribution is -0.133. The molecule has 1 aliphatic heterocycles. The van der Waals surface area contributed by atoms with Crippen molar-refractivity contribution in [2.24, 2.45) is 0 Å². The first kappa shape index (κ1) is 18.0. The van der Waals surface area contributed by atoms with Gasteiger partial charge < -0.3 is 9.47 Å². The number of pyridine rings is 1. The lowest BCUT2D eigenvalue weighted by atomic mass is 9.87. The first-order chi connectivity index (χ1) is 13.2. The average Bonchev–Trinajstić information content (AvgIpc) is 2.73. The van der Waals surface area contributed by atoms with Crippen LogP contribution in [0.4, 0.5) is 0 Å². The number of fused-ring (bicyclic) bond motifs is 1. The average molecular weight is 365 g/mol.